The van der Waals surface area contributed by atoms with E-state index in [0.717, 1.165) is 5.56 Å². The van der Waals surface area contributed by atoms with Crippen LogP contribution in [0.1, 0.15) is 5.56 Å². The van der Waals surface area contributed by atoms with Gasteiger partial charge in [-0.3, -0.25) is 9.20 Å². The van der Waals surface area contributed by atoms with Gasteiger partial charge in [0.2, 0.25) is 0 Å². The standard InChI is InChI=1S/C10H10ClN3O2/c11-8-5-13-9-6(2-1-3-14(8)9)4-7(12)10(15)16/h1-3,5,7H,4,12H2,(H,15,16). The summed E-state index contributed by atoms with van der Waals surface area (Å²) in [5.74, 6) is -1.03. The predicted molar refractivity (Wildman–Crippen MR) is 59.5 cm³/mol. The van der Waals surface area contributed by atoms with E-state index in [4.69, 9.17) is 22.4 Å². The highest BCUT2D eigenvalue weighted by Gasteiger charge is 2.15. The van der Waals surface area contributed by atoms with Gasteiger partial charge < -0.3 is 10.8 Å². The lowest BCUT2D eigenvalue weighted by molar-refractivity contribution is -0.138. The third kappa shape index (κ3) is 1.87. The van der Waals surface area contributed by atoms with Crippen molar-refractivity contribution in [3.05, 3.63) is 35.2 Å². The molecule has 0 saturated carbocycles. The molecule has 0 spiro atoms. The first kappa shape index (κ1) is 10.9. The van der Waals surface area contributed by atoms with Crippen molar-refractivity contribution in [2.75, 3.05) is 0 Å². The average Bonchev–Trinajstić information content (AvgIpc) is 2.62. The molecule has 1 atom stereocenters. The Morgan fingerprint density at radius 2 is 2.44 bits per heavy atom. The maximum atomic E-state index is 10.7. The molecule has 2 heterocycles. The Bertz CT molecular complexity index is 538. The van der Waals surface area contributed by atoms with E-state index in [1.165, 1.54) is 6.20 Å². The van der Waals surface area contributed by atoms with Crippen molar-refractivity contribution < 1.29 is 9.90 Å². The van der Waals surface area contributed by atoms with Gasteiger partial charge in [-0.1, -0.05) is 17.7 Å². The molecular weight excluding hydrogens is 230 g/mol. The number of rotatable bonds is 3. The number of nitrogens with zero attached hydrogens (tertiary/aromatic N) is 2. The summed E-state index contributed by atoms with van der Waals surface area (Å²) in [4.78, 5) is 14.8. The summed E-state index contributed by atoms with van der Waals surface area (Å²) < 4.78 is 1.69. The van der Waals surface area contributed by atoms with Crippen LogP contribution in [0.15, 0.2) is 24.5 Å². The molecule has 1 unspecified atom stereocenters. The van der Waals surface area contributed by atoms with Crippen LogP contribution in [0.25, 0.3) is 5.65 Å². The minimum absolute atomic E-state index is 0.229. The van der Waals surface area contributed by atoms with E-state index >= 15 is 0 Å². The highest BCUT2D eigenvalue weighted by atomic mass is 35.5. The molecule has 84 valence electrons. The predicted octanol–water partition coefficient (Wildman–Crippen LogP) is 0.942. The number of pyridine rings is 1. The number of hydrogen-bond acceptors (Lipinski definition) is 3. The van der Waals surface area contributed by atoms with Crippen LogP contribution >= 0.6 is 11.6 Å². The van der Waals surface area contributed by atoms with Crippen LogP contribution in [0.2, 0.25) is 5.15 Å². The molecule has 0 amide bonds. The van der Waals surface area contributed by atoms with Gasteiger partial charge in [-0.05, 0) is 11.6 Å². The minimum atomic E-state index is -1.03. The van der Waals surface area contributed by atoms with E-state index in [1.807, 2.05) is 0 Å². The van der Waals surface area contributed by atoms with Crippen LogP contribution in [0.5, 0.6) is 0 Å². The number of nitrogens with two attached hydrogens (primary N) is 1. The monoisotopic (exact) mass is 239 g/mol. The van der Waals surface area contributed by atoms with Crippen molar-refractivity contribution in [3.8, 4) is 0 Å². The minimum Gasteiger partial charge on any atom is -0.480 e. The molecule has 0 aromatic carbocycles. The molecule has 3 N–H and O–H groups in total. The molecule has 0 bridgehead atoms. The summed E-state index contributed by atoms with van der Waals surface area (Å²) in [7, 11) is 0. The van der Waals surface area contributed by atoms with Gasteiger partial charge in [-0.25, -0.2) is 4.98 Å². The van der Waals surface area contributed by atoms with Gasteiger partial charge >= 0.3 is 5.97 Å². The quantitative estimate of drug-likeness (QED) is 0.835. The summed E-state index contributed by atoms with van der Waals surface area (Å²) in [6, 6.07) is 2.65. The number of imidazole rings is 1. The second kappa shape index (κ2) is 4.11. The van der Waals surface area contributed by atoms with Crippen LogP contribution in [0, 0.1) is 0 Å². The van der Waals surface area contributed by atoms with Crippen molar-refractivity contribution in [1.29, 1.82) is 0 Å². The van der Waals surface area contributed by atoms with Gasteiger partial charge in [0, 0.05) is 12.6 Å². The molecule has 6 heteroatoms. The van der Waals surface area contributed by atoms with Gasteiger partial charge in [-0.2, -0.15) is 0 Å². The molecule has 0 aliphatic heterocycles. The number of halogens is 1. The van der Waals surface area contributed by atoms with E-state index in [1.54, 1.807) is 22.7 Å². The fraction of sp³-hybridized carbons (Fsp3) is 0.200. The van der Waals surface area contributed by atoms with Crippen molar-refractivity contribution in [1.82, 2.24) is 9.38 Å². The molecule has 2 aromatic heterocycles. The topological polar surface area (TPSA) is 80.6 Å². The highest BCUT2D eigenvalue weighted by Crippen LogP contribution is 2.16. The van der Waals surface area contributed by atoms with Crippen LogP contribution in [-0.4, -0.2) is 26.5 Å². The zero-order valence-electron chi connectivity index (χ0n) is 8.30. The SMILES string of the molecule is NC(Cc1cccn2c(Cl)cnc12)C(=O)O. The first-order valence-electron chi connectivity index (χ1n) is 4.68. The molecule has 0 aliphatic carbocycles. The largest absolute Gasteiger partial charge is 0.480 e. The van der Waals surface area contributed by atoms with E-state index in [2.05, 4.69) is 4.98 Å². The molecule has 2 aromatic rings. The smallest absolute Gasteiger partial charge is 0.320 e. The Morgan fingerprint density at radius 1 is 1.69 bits per heavy atom. The van der Waals surface area contributed by atoms with Crippen molar-refractivity contribution in [2.24, 2.45) is 5.73 Å². The average molecular weight is 240 g/mol. The number of carboxylic acid groups (broad SMARTS) is 1. The third-order valence-electron chi connectivity index (χ3n) is 2.33. The summed E-state index contributed by atoms with van der Waals surface area (Å²) in [6.07, 6.45) is 3.51. The van der Waals surface area contributed by atoms with Gasteiger partial charge in [0.1, 0.15) is 16.8 Å². The molecule has 5 nitrogen and oxygen atoms in total. The van der Waals surface area contributed by atoms with Gasteiger partial charge in [-0.15, -0.1) is 0 Å². The van der Waals surface area contributed by atoms with Crippen LogP contribution in [0.4, 0.5) is 0 Å². The Labute approximate surface area is 96.5 Å². The second-order valence-electron chi connectivity index (χ2n) is 3.46. The van der Waals surface area contributed by atoms with Crippen LogP contribution < -0.4 is 5.73 Å². The summed E-state index contributed by atoms with van der Waals surface area (Å²) in [6.45, 7) is 0. The highest BCUT2D eigenvalue weighted by molar-refractivity contribution is 6.29. The Hall–Kier alpha value is -1.59. The zero-order chi connectivity index (χ0) is 11.7. The fourth-order valence-electron chi connectivity index (χ4n) is 1.52. The normalized spacial score (nSPS) is 12.9. The summed E-state index contributed by atoms with van der Waals surface area (Å²) >= 11 is 5.90. The van der Waals surface area contributed by atoms with E-state index in [9.17, 15) is 4.79 Å². The van der Waals surface area contributed by atoms with E-state index < -0.39 is 12.0 Å². The molecular formula is C10H10ClN3O2. The third-order valence-corrected chi connectivity index (χ3v) is 2.61. The van der Waals surface area contributed by atoms with Gasteiger partial charge in [0.25, 0.3) is 0 Å². The van der Waals surface area contributed by atoms with E-state index in [-0.39, 0.29) is 6.42 Å². The Kier molecular flexibility index (Phi) is 2.80. The van der Waals surface area contributed by atoms with Crippen molar-refractivity contribution >= 4 is 23.2 Å². The maximum absolute atomic E-state index is 10.7. The zero-order valence-corrected chi connectivity index (χ0v) is 9.05. The second-order valence-corrected chi connectivity index (χ2v) is 3.84. The van der Waals surface area contributed by atoms with Gasteiger partial charge in [0.15, 0.2) is 0 Å². The van der Waals surface area contributed by atoms with Crippen LogP contribution in [0.3, 0.4) is 0 Å². The number of aromatic nitrogens is 2. The molecule has 0 saturated heterocycles. The molecule has 16 heavy (non-hydrogen) atoms. The lowest BCUT2D eigenvalue weighted by Gasteiger charge is -2.07. The Balaban J connectivity index is 2.41. The van der Waals surface area contributed by atoms with Crippen molar-refractivity contribution in [2.45, 2.75) is 12.5 Å². The van der Waals surface area contributed by atoms with E-state index in [0.29, 0.717) is 10.8 Å². The number of hydrogen-bond donors (Lipinski definition) is 2. The first-order chi connectivity index (χ1) is 7.59. The lowest BCUT2D eigenvalue weighted by Crippen LogP contribution is -2.32. The summed E-state index contributed by atoms with van der Waals surface area (Å²) in [5, 5.41) is 9.23. The maximum Gasteiger partial charge on any atom is 0.320 e. The molecule has 0 fully saturated rings. The molecule has 2 rings (SSSR count). The molecule has 0 aliphatic rings. The number of aliphatic carboxylic acids is 1. The number of carbonyl (C=O) groups is 1. The fourth-order valence-corrected chi connectivity index (χ4v) is 1.71. The van der Waals surface area contributed by atoms with Gasteiger partial charge in [0.05, 0.1) is 6.20 Å². The summed E-state index contributed by atoms with van der Waals surface area (Å²) in [5.41, 5.74) is 6.89. The lowest BCUT2D eigenvalue weighted by atomic mass is 10.1. The molecule has 0 radical (unpaired) electrons. The van der Waals surface area contributed by atoms with Crippen molar-refractivity contribution in [3.63, 3.8) is 0 Å². The van der Waals surface area contributed by atoms with Crippen LogP contribution in [-0.2, 0) is 11.2 Å². The first-order valence-corrected chi connectivity index (χ1v) is 5.06. The Morgan fingerprint density at radius 3 is 3.12 bits per heavy atom. The number of carboxylic acids is 1. The number of fused-ring (bicyclic) bond motifs is 1.